The van der Waals surface area contributed by atoms with Gasteiger partial charge >= 0.3 is 6.18 Å². The van der Waals surface area contributed by atoms with Crippen LogP contribution < -0.4 is 0 Å². The Kier molecular flexibility index (Phi) is 5.76. The predicted molar refractivity (Wildman–Crippen MR) is 104 cm³/mol. The second kappa shape index (κ2) is 8.22. The van der Waals surface area contributed by atoms with Gasteiger partial charge in [-0.3, -0.25) is 4.90 Å². The van der Waals surface area contributed by atoms with E-state index in [9.17, 15) is 27.8 Å². The van der Waals surface area contributed by atoms with E-state index in [4.69, 9.17) is 4.52 Å². The number of benzene rings is 2. The third kappa shape index (κ3) is 4.58. The van der Waals surface area contributed by atoms with Crippen LogP contribution in [0.4, 0.5) is 17.6 Å². The largest absolute Gasteiger partial charge is 0.416 e. The summed E-state index contributed by atoms with van der Waals surface area (Å²) in [6.45, 7) is 0.841. The lowest BCUT2D eigenvalue weighted by atomic mass is 9.83. The van der Waals surface area contributed by atoms with Crippen molar-refractivity contribution in [3.8, 4) is 0 Å². The molecule has 0 aliphatic carbocycles. The highest BCUT2D eigenvalue weighted by Crippen LogP contribution is 2.38. The minimum atomic E-state index is -4.50. The zero-order valence-electron chi connectivity index (χ0n) is 16.6. The zero-order chi connectivity index (χ0) is 22.2. The van der Waals surface area contributed by atoms with Crippen molar-refractivity contribution in [1.82, 2.24) is 10.1 Å². The van der Waals surface area contributed by atoms with E-state index in [0.717, 1.165) is 17.5 Å². The number of likely N-dealkylation sites (tertiary alicyclic amines) is 1. The molecule has 9 heteroatoms. The topological polar surface area (TPSA) is 69.7 Å². The van der Waals surface area contributed by atoms with Crippen LogP contribution in [0.5, 0.6) is 0 Å². The predicted octanol–water partition coefficient (Wildman–Crippen LogP) is 4.22. The average molecular weight is 438 g/mol. The fourth-order valence-electron chi connectivity index (χ4n) is 4.11. The summed E-state index contributed by atoms with van der Waals surface area (Å²) in [6.07, 6.45) is -4.17. The van der Waals surface area contributed by atoms with Crippen molar-refractivity contribution in [3.05, 3.63) is 65.1 Å². The maximum absolute atomic E-state index is 13.3. The first-order valence-electron chi connectivity index (χ1n) is 10.0. The summed E-state index contributed by atoms with van der Waals surface area (Å²) in [5.74, 6) is -0.403. The van der Waals surface area contributed by atoms with Gasteiger partial charge in [0.2, 0.25) is 0 Å². The number of halogens is 4. The van der Waals surface area contributed by atoms with Crippen LogP contribution in [-0.2, 0) is 18.2 Å². The molecule has 0 bridgehead atoms. The summed E-state index contributed by atoms with van der Waals surface area (Å²) in [4.78, 5) is 1.78. The molecule has 5 nitrogen and oxygen atoms in total. The summed E-state index contributed by atoms with van der Waals surface area (Å²) in [5, 5.41) is 26.2. The number of rotatable bonds is 5. The van der Waals surface area contributed by atoms with Crippen molar-refractivity contribution in [2.24, 2.45) is 0 Å². The van der Waals surface area contributed by atoms with Gasteiger partial charge in [0.25, 0.3) is 0 Å². The van der Waals surface area contributed by atoms with Gasteiger partial charge in [-0.15, -0.1) is 0 Å². The third-order valence-electron chi connectivity index (χ3n) is 5.85. The van der Waals surface area contributed by atoms with E-state index in [-0.39, 0.29) is 18.4 Å². The smallest absolute Gasteiger partial charge is 0.385 e. The summed E-state index contributed by atoms with van der Waals surface area (Å²) >= 11 is 0. The Balaban J connectivity index is 1.37. The Hall–Kier alpha value is -2.49. The van der Waals surface area contributed by atoms with Crippen LogP contribution in [0.15, 0.2) is 47.0 Å². The Bertz CT molecular complexity index is 1070. The maximum Gasteiger partial charge on any atom is 0.416 e. The molecule has 2 N–H and O–H groups in total. The number of fused-ring (bicyclic) bond motifs is 1. The fourth-order valence-corrected chi connectivity index (χ4v) is 4.11. The molecule has 1 saturated heterocycles. The van der Waals surface area contributed by atoms with Crippen molar-refractivity contribution in [2.45, 2.75) is 43.7 Å². The molecule has 31 heavy (non-hydrogen) atoms. The van der Waals surface area contributed by atoms with Gasteiger partial charge in [-0.2, -0.15) is 13.2 Å². The summed E-state index contributed by atoms with van der Waals surface area (Å²) < 4.78 is 57.4. The molecule has 0 saturated carbocycles. The molecule has 4 rings (SSSR count). The van der Waals surface area contributed by atoms with Crippen LogP contribution in [-0.4, -0.2) is 39.6 Å². The van der Waals surface area contributed by atoms with Crippen LogP contribution >= 0.6 is 0 Å². The molecule has 166 valence electrons. The molecule has 1 fully saturated rings. The van der Waals surface area contributed by atoms with Crippen molar-refractivity contribution in [2.75, 3.05) is 13.1 Å². The van der Waals surface area contributed by atoms with E-state index in [1.54, 1.807) is 11.0 Å². The number of nitrogens with zero attached hydrogens (tertiary/aromatic N) is 2. The van der Waals surface area contributed by atoms with Crippen molar-refractivity contribution < 1.29 is 32.3 Å². The number of aliphatic hydroxyl groups excluding tert-OH is 1. The van der Waals surface area contributed by atoms with Crippen molar-refractivity contribution >= 4 is 11.0 Å². The number of piperidine rings is 1. The molecule has 0 radical (unpaired) electrons. The number of aryl methyl sites for hydroxylation is 1. The van der Waals surface area contributed by atoms with Gasteiger partial charge in [-0.05, 0) is 49.1 Å². The number of aliphatic hydroxyl groups is 2. The van der Waals surface area contributed by atoms with E-state index in [1.165, 1.54) is 24.3 Å². The monoisotopic (exact) mass is 438 g/mol. The number of hydrogen-bond acceptors (Lipinski definition) is 5. The van der Waals surface area contributed by atoms with Crippen LogP contribution in [0.25, 0.3) is 11.0 Å². The first-order chi connectivity index (χ1) is 14.7. The third-order valence-corrected chi connectivity index (χ3v) is 5.85. The Morgan fingerprint density at radius 2 is 2.00 bits per heavy atom. The van der Waals surface area contributed by atoms with E-state index in [2.05, 4.69) is 5.16 Å². The molecule has 2 atom stereocenters. The van der Waals surface area contributed by atoms with E-state index in [0.29, 0.717) is 37.2 Å². The van der Waals surface area contributed by atoms with E-state index < -0.39 is 29.4 Å². The quantitative estimate of drug-likeness (QED) is 0.584. The second-order valence-electron chi connectivity index (χ2n) is 7.95. The molecule has 1 aromatic heterocycles. The van der Waals surface area contributed by atoms with Crippen LogP contribution in [0, 0.1) is 5.82 Å². The minimum absolute atomic E-state index is 0.0829. The lowest BCUT2D eigenvalue weighted by Crippen LogP contribution is -2.49. The molecule has 3 aromatic rings. The SMILES string of the molecule is OC1CC(O)(c2cccc(C(F)(F)F)c2)CCN1CCCc1noc2cc(F)ccc12. The molecule has 2 unspecified atom stereocenters. The van der Waals surface area contributed by atoms with Gasteiger partial charge in [0.1, 0.15) is 12.0 Å². The molecular formula is C22H22F4N2O3. The molecule has 2 aromatic carbocycles. The first-order valence-corrected chi connectivity index (χ1v) is 10.0. The number of alkyl halides is 3. The molecular weight excluding hydrogens is 416 g/mol. The Morgan fingerprint density at radius 3 is 2.74 bits per heavy atom. The number of hydrogen-bond donors (Lipinski definition) is 2. The normalized spacial score (nSPS) is 22.8. The van der Waals surface area contributed by atoms with Crippen LogP contribution in [0.2, 0.25) is 0 Å². The van der Waals surface area contributed by atoms with Crippen LogP contribution in [0.1, 0.15) is 36.1 Å². The van der Waals surface area contributed by atoms with Gasteiger partial charge in [-0.1, -0.05) is 17.3 Å². The fraction of sp³-hybridized carbons (Fsp3) is 0.409. The Morgan fingerprint density at radius 1 is 1.19 bits per heavy atom. The van der Waals surface area contributed by atoms with E-state index in [1.807, 2.05) is 0 Å². The lowest BCUT2D eigenvalue weighted by Gasteiger charge is -2.42. The highest BCUT2D eigenvalue weighted by atomic mass is 19.4. The van der Waals surface area contributed by atoms with Crippen molar-refractivity contribution in [1.29, 1.82) is 0 Å². The number of aromatic nitrogens is 1. The van der Waals surface area contributed by atoms with Crippen molar-refractivity contribution in [3.63, 3.8) is 0 Å². The summed E-state index contributed by atoms with van der Waals surface area (Å²) in [5.41, 5.74) is -1.12. The Labute approximate surface area is 175 Å². The van der Waals surface area contributed by atoms with Gasteiger partial charge in [-0.25, -0.2) is 4.39 Å². The maximum atomic E-state index is 13.3. The molecule has 0 amide bonds. The molecule has 1 aliphatic rings. The standard InChI is InChI=1S/C22H22F4N2O3/c23-16-6-7-17-18(27-31-19(17)12-16)5-2-9-28-10-8-21(30,13-20(28)29)14-3-1-4-15(11-14)22(24,25)26/h1,3-4,6-7,11-12,20,29-30H,2,5,8-10,13H2. The first kappa shape index (κ1) is 21.7. The van der Waals surface area contributed by atoms with Crippen LogP contribution in [0.3, 0.4) is 0 Å². The van der Waals surface area contributed by atoms with Gasteiger partial charge < -0.3 is 14.7 Å². The van der Waals surface area contributed by atoms with Gasteiger partial charge in [0.15, 0.2) is 5.58 Å². The summed E-state index contributed by atoms with van der Waals surface area (Å²) in [6, 6.07) is 8.85. The highest BCUT2D eigenvalue weighted by molar-refractivity contribution is 5.79. The zero-order valence-corrected chi connectivity index (χ0v) is 16.6. The molecule has 0 spiro atoms. The van der Waals surface area contributed by atoms with Gasteiger partial charge in [0, 0.05) is 31.0 Å². The minimum Gasteiger partial charge on any atom is -0.385 e. The molecule has 1 aliphatic heterocycles. The van der Waals surface area contributed by atoms with E-state index >= 15 is 0 Å². The molecule has 2 heterocycles. The summed E-state index contributed by atoms with van der Waals surface area (Å²) in [7, 11) is 0. The highest BCUT2D eigenvalue weighted by Gasteiger charge is 2.40. The lowest BCUT2D eigenvalue weighted by molar-refractivity contribution is -0.138. The van der Waals surface area contributed by atoms with Gasteiger partial charge in [0.05, 0.1) is 16.9 Å². The average Bonchev–Trinajstić information content (AvgIpc) is 3.11. The second-order valence-corrected chi connectivity index (χ2v) is 7.95.